The lowest BCUT2D eigenvalue weighted by Crippen LogP contribution is -2.04. The molecule has 0 bridgehead atoms. The third kappa shape index (κ3) is 4.51. The highest BCUT2D eigenvalue weighted by molar-refractivity contribution is 6.31. The Balaban J connectivity index is 2.10. The highest BCUT2D eigenvalue weighted by Gasteiger charge is 2.06. The summed E-state index contributed by atoms with van der Waals surface area (Å²) in [6, 6.07) is 10.0. The van der Waals surface area contributed by atoms with Crippen molar-refractivity contribution in [3.05, 3.63) is 57.8 Å². The molecule has 112 valence electrons. The van der Waals surface area contributed by atoms with Gasteiger partial charge in [-0.3, -0.25) is 0 Å². The quantitative estimate of drug-likeness (QED) is 0.752. The zero-order valence-electron chi connectivity index (χ0n) is 11.6. The molecule has 2 rings (SSSR count). The van der Waals surface area contributed by atoms with Crippen LogP contribution in [0.1, 0.15) is 18.9 Å². The van der Waals surface area contributed by atoms with E-state index in [1.165, 1.54) is 6.07 Å². The van der Waals surface area contributed by atoms with Crippen molar-refractivity contribution < 1.29 is 9.13 Å². The number of ether oxygens (including phenoxy) is 1. The molecule has 1 N–H and O–H groups in total. The summed E-state index contributed by atoms with van der Waals surface area (Å²) in [4.78, 5) is 0. The Morgan fingerprint density at radius 2 is 1.95 bits per heavy atom. The topological polar surface area (TPSA) is 21.3 Å². The molecule has 5 heteroatoms. The van der Waals surface area contributed by atoms with E-state index in [1.54, 1.807) is 18.2 Å². The lowest BCUT2D eigenvalue weighted by molar-refractivity contribution is 0.314. The number of benzene rings is 2. The molecule has 0 aliphatic carbocycles. The van der Waals surface area contributed by atoms with Crippen LogP contribution in [0.3, 0.4) is 0 Å². The van der Waals surface area contributed by atoms with E-state index < -0.39 is 5.82 Å². The van der Waals surface area contributed by atoms with Gasteiger partial charge in [0, 0.05) is 22.8 Å². The Labute approximate surface area is 133 Å². The maximum absolute atomic E-state index is 13.1. The predicted octanol–water partition coefficient (Wildman–Crippen LogP) is 5.53. The van der Waals surface area contributed by atoms with Crippen LogP contribution in [0.15, 0.2) is 36.4 Å². The Morgan fingerprint density at radius 3 is 2.67 bits per heavy atom. The number of anilines is 1. The lowest BCUT2D eigenvalue weighted by Gasteiger charge is -2.13. The van der Waals surface area contributed by atoms with Gasteiger partial charge >= 0.3 is 0 Å². The van der Waals surface area contributed by atoms with Crippen molar-refractivity contribution >= 4 is 28.9 Å². The van der Waals surface area contributed by atoms with Crippen molar-refractivity contribution in [1.82, 2.24) is 0 Å². The van der Waals surface area contributed by atoms with Gasteiger partial charge in [0.1, 0.15) is 11.6 Å². The molecular formula is C16H16Cl2FNO. The van der Waals surface area contributed by atoms with E-state index in [0.29, 0.717) is 18.2 Å². The van der Waals surface area contributed by atoms with E-state index in [2.05, 4.69) is 5.32 Å². The number of halogens is 3. The molecule has 0 aliphatic heterocycles. The predicted molar refractivity (Wildman–Crippen MR) is 86.0 cm³/mol. The van der Waals surface area contributed by atoms with Crippen molar-refractivity contribution in [3.63, 3.8) is 0 Å². The molecule has 0 fully saturated rings. The molecule has 2 aromatic carbocycles. The van der Waals surface area contributed by atoms with Gasteiger partial charge in [-0.15, -0.1) is 0 Å². The minimum absolute atomic E-state index is 0.0913. The first-order valence-electron chi connectivity index (χ1n) is 6.70. The summed E-state index contributed by atoms with van der Waals surface area (Å²) in [6.07, 6.45) is 0.934. The average Bonchev–Trinajstić information content (AvgIpc) is 2.47. The maximum atomic E-state index is 13.1. The van der Waals surface area contributed by atoms with Gasteiger partial charge in [0.15, 0.2) is 0 Å². The number of hydrogen-bond acceptors (Lipinski definition) is 2. The first kappa shape index (κ1) is 15.9. The second kappa shape index (κ2) is 7.53. The fourth-order valence-corrected chi connectivity index (χ4v) is 2.22. The van der Waals surface area contributed by atoms with Crippen LogP contribution in [0.2, 0.25) is 10.0 Å². The second-order valence-corrected chi connectivity index (χ2v) is 5.43. The molecule has 0 radical (unpaired) electrons. The van der Waals surface area contributed by atoms with E-state index >= 15 is 0 Å². The van der Waals surface area contributed by atoms with Crippen LogP contribution in [0.25, 0.3) is 0 Å². The molecule has 0 unspecified atom stereocenters. The van der Waals surface area contributed by atoms with E-state index in [4.69, 9.17) is 27.9 Å². The average molecular weight is 328 g/mol. The summed E-state index contributed by atoms with van der Waals surface area (Å²) >= 11 is 11.8. The zero-order chi connectivity index (χ0) is 15.2. The van der Waals surface area contributed by atoms with E-state index in [-0.39, 0.29) is 5.02 Å². The summed E-state index contributed by atoms with van der Waals surface area (Å²) < 4.78 is 18.8. The largest absolute Gasteiger partial charge is 0.493 e. The highest BCUT2D eigenvalue weighted by Crippen LogP contribution is 2.25. The van der Waals surface area contributed by atoms with Crippen LogP contribution in [-0.2, 0) is 6.54 Å². The van der Waals surface area contributed by atoms with Crippen LogP contribution < -0.4 is 10.1 Å². The van der Waals surface area contributed by atoms with Gasteiger partial charge in [-0.25, -0.2) is 4.39 Å². The molecule has 0 atom stereocenters. The van der Waals surface area contributed by atoms with Crippen LogP contribution >= 0.6 is 23.2 Å². The summed E-state index contributed by atoms with van der Waals surface area (Å²) in [6.45, 7) is 3.22. The highest BCUT2D eigenvalue weighted by atomic mass is 35.5. The molecule has 0 spiro atoms. The van der Waals surface area contributed by atoms with Gasteiger partial charge < -0.3 is 10.1 Å². The van der Waals surface area contributed by atoms with Crippen LogP contribution in [0, 0.1) is 5.82 Å². The SMILES string of the molecule is CCCOc1ccc(Cl)cc1CNc1ccc(F)c(Cl)c1. The Bertz CT molecular complexity index is 619. The summed E-state index contributed by atoms with van der Waals surface area (Å²) in [5.74, 6) is 0.360. The van der Waals surface area contributed by atoms with E-state index in [9.17, 15) is 4.39 Å². The standard InChI is InChI=1S/C16H16Cl2FNO/c1-2-7-21-16-6-3-12(17)8-11(16)10-20-13-4-5-15(19)14(18)9-13/h3-6,8-9,20H,2,7,10H2,1H3. The number of nitrogens with one attached hydrogen (secondary N) is 1. The Hall–Kier alpha value is -1.45. The molecule has 0 saturated heterocycles. The molecular weight excluding hydrogens is 312 g/mol. The summed E-state index contributed by atoms with van der Waals surface area (Å²) in [7, 11) is 0. The molecule has 0 amide bonds. The van der Waals surface area contributed by atoms with Crippen molar-refractivity contribution in [2.45, 2.75) is 19.9 Å². The molecule has 2 nitrogen and oxygen atoms in total. The first-order valence-corrected chi connectivity index (χ1v) is 7.46. The normalized spacial score (nSPS) is 10.5. The molecule has 0 aromatic heterocycles. The van der Waals surface area contributed by atoms with Gasteiger partial charge in [0.05, 0.1) is 11.6 Å². The number of hydrogen-bond donors (Lipinski definition) is 1. The fraction of sp³-hybridized carbons (Fsp3) is 0.250. The third-order valence-electron chi connectivity index (χ3n) is 2.89. The molecule has 0 heterocycles. The summed E-state index contributed by atoms with van der Waals surface area (Å²) in [5, 5.41) is 3.92. The van der Waals surface area contributed by atoms with E-state index in [1.807, 2.05) is 19.1 Å². The van der Waals surface area contributed by atoms with Crippen molar-refractivity contribution in [2.75, 3.05) is 11.9 Å². The van der Waals surface area contributed by atoms with Crippen molar-refractivity contribution in [2.24, 2.45) is 0 Å². The third-order valence-corrected chi connectivity index (χ3v) is 3.41. The first-order chi connectivity index (χ1) is 10.1. The zero-order valence-corrected chi connectivity index (χ0v) is 13.1. The van der Waals surface area contributed by atoms with Crippen LogP contribution in [0.4, 0.5) is 10.1 Å². The van der Waals surface area contributed by atoms with Gasteiger partial charge in [-0.05, 0) is 42.8 Å². The van der Waals surface area contributed by atoms with E-state index in [0.717, 1.165) is 23.4 Å². The van der Waals surface area contributed by atoms with Gasteiger partial charge in [-0.1, -0.05) is 30.1 Å². The van der Waals surface area contributed by atoms with Crippen LogP contribution in [0.5, 0.6) is 5.75 Å². The van der Waals surface area contributed by atoms with Crippen molar-refractivity contribution in [1.29, 1.82) is 0 Å². The maximum Gasteiger partial charge on any atom is 0.141 e. The van der Waals surface area contributed by atoms with Crippen LogP contribution in [-0.4, -0.2) is 6.61 Å². The van der Waals surface area contributed by atoms with Crippen molar-refractivity contribution in [3.8, 4) is 5.75 Å². The Kier molecular flexibility index (Phi) is 5.71. The minimum Gasteiger partial charge on any atom is -0.493 e. The minimum atomic E-state index is -0.433. The van der Waals surface area contributed by atoms with Gasteiger partial charge in [0.2, 0.25) is 0 Å². The fourth-order valence-electron chi connectivity index (χ4n) is 1.84. The Morgan fingerprint density at radius 1 is 1.14 bits per heavy atom. The van der Waals surface area contributed by atoms with Gasteiger partial charge in [-0.2, -0.15) is 0 Å². The monoisotopic (exact) mass is 327 g/mol. The second-order valence-electron chi connectivity index (χ2n) is 4.58. The number of rotatable bonds is 6. The molecule has 0 aliphatic rings. The lowest BCUT2D eigenvalue weighted by atomic mass is 10.2. The molecule has 2 aromatic rings. The molecule has 21 heavy (non-hydrogen) atoms. The van der Waals surface area contributed by atoms with Gasteiger partial charge in [0.25, 0.3) is 0 Å². The summed E-state index contributed by atoms with van der Waals surface area (Å²) in [5.41, 5.74) is 1.68. The molecule has 0 saturated carbocycles. The smallest absolute Gasteiger partial charge is 0.141 e.